The van der Waals surface area contributed by atoms with Crippen LogP contribution in [-0.4, -0.2) is 24.9 Å². The topological polar surface area (TPSA) is 55.8 Å². The van der Waals surface area contributed by atoms with E-state index in [1.807, 2.05) is 0 Å². The van der Waals surface area contributed by atoms with E-state index in [1.54, 1.807) is 18.2 Å². The molecule has 0 unspecified atom stereocenters. The van der Waals surface area contributed by atoms with Crippen LogP contribution >= 0.6 is 11.8 Å². The van der Waals surface area contributed by atoms with Gasteiger partial charge in [-0.2, -0.15) is 13.2 Å². The van der Waals surface area contributed by atoms with Crippen molar-refractivity contribution >= 4 is 34.7 Å². The van der Waals surface area contributed by atoms with E-state index in [4.69, 9.17) is 9.47 Å². The van der Waals surface area contributed by atoms with Crippen molar-refractivity contribution < 1.29 is 32.2 Å². The molecule has 1 aliphatic rings. The second-order valence-electron chi connectivity index (χ2n) is 8.09. The van der Waals surface area contributed by atoms with Crippen molar-refractivity contribution in [1.82, 2.24) is 0 Å². The number of anilines is 1. The summed E-state index contributed by atoms with van der Waals surface area (Å²) in [5.41, 5.74) is -0.454. The first-order valence-electron chi connectivity index (χ1n) is 11.5. The molecule has 5 nitrogen and oxygen atoms in total. The van der Waals surface area contributed by atoms with Gasteiger partial charge in [-0.05, 0) is 60.2 Å². The fraction of sp³-hybridized carbons (Fsp3) is 0.385. The SMILES string of the molecule is CCCCCCCCOc1ccc(/C=C2\SC(=O)N(c3cccc(C(F)(F)F)c3)C2=O)cc1OC. The highest BCUT2D eigenvalue weighted by Gasteiger charge is 2.38. The van der Waals surface area contributed by atoms with Crippen LogP contribution in [0.15, 0.2) is 47.4 Å². The Balaban J connectivity index is 1.69. The summed E-state index contributed by atoms with van der Waals surface area (Å²) in [5, 5.41) is -0.661. The Kier molecular flexibility index (Phi) is 9.26. The zero-order valence-corrected chi connectivity index (χ0v) is 20.5. The molecule has 0 bridgehead atoms. The molecule has 35 heavy (non-hydrogen) atoms. The molecule has 0 atom stereocenters. The van der Waals surface area contributed by atoms with E-state index in [2.05, 4.69) is 6.92 Å². The van der Waals surface area contributed by atoms with Crippen molar-refractivity contribution in [2.75, 3.05) is 18.6 Å². The molecule has 1 fully saturated rings. The predicted molar refractivity (Wildman–Crippen MR) is 132 cm³/mol. The number of rotatable bonds is 11. The average molecular weight is 508 g/mol. The molecule has 9 heteroatoms. The molecule has 1 heterocycles. The van der Waals surface area contributed by atoms with Crippen molar-refractivity contribution in [2.24, 2.45) is 0 Å². The second kappa shape index (κ2) is 12.2. The second-order valence-corrected chi connectivity index (χ2v) is 9.08. The van der Waals surface area contributed by atoms with Crippen LogP contribution in [0.2, 0.25) is 0 Å². The minimum atomic E-state index is -4.58. The largest absolute Gasteiger partial charge is 0.493 e. The number of halogens is 3. The van der Waals surface area contributed by atoms with Crippen molar-refractivity contribution in [1.29, 1.82) is 0 Å². The Morgan fingerprint density at radius 1 is 0.971 bits per heavy atom. The molecular formula is C26H28F3NO4S. The Bertz CT molecular complexity index is 1080. The third kappa shape index (κ3) is 7.04. The number of ether oxygens (including phenoxy) is 2. The standard InChI is InChI=1S/C26H28F3NO4S/c1-3-4-5-6-7-8-14-34-21-13-12-18(15-22(21)33-2)16-23-24(31)30(25(32)35-23)20-11-9-10-19(17-20)26(27,28)29/h9-13,15-17H,3-8,14H2,1-2H3/b23-16-. The Morgan fingerprint density at radius 3 is 2.43 bits per heavy atom. The lowest BCUT2D eigenvalue weighted by Crippen LogP contribution is -2.28. The molecular weight excluding hydrogens is 479 g/mol. The molecule has 3 rings (SSSR count). The van der Waals surface area contributed by atoms with Crippen molar-refractivity contribution in [3.8, 4) is 11.5 Å². The molecule has 0 radical (unpaired) electrons. The quantitative estimate of drug-likeness (QED) is 0.230. The number of alkyl halides is 3. The summed E-state index contributed by atoms with van der Waals surface area (Å²) in [4.78, 5) is 26.2. The summed E-state index contributed by atoms with van der Waals surface area (Å²) in [6.07, 6.45) is 3.84. The maximum absolute atomic E-state index is 13.1. The molecule has 0 aliphatic carbocycles. The van der Waals surface area contributed by atoms with E-state index < -0.39 is 22.9 Å². The summed E-state index contributed by atoms with van der Waals surface area (Å²) in [6.45, 7) is 2.75. The van der Waals surface area contributed by atoms with Crippen LogP contribution in [0.1, 0.15) is 56.6 Å². The van der Waals surface area contributed by atoms with Gasteiger partial charge in [0.25, 0.3) is 11.1 Å². The number of hydrogen-bond donors (Lipinski definition) is 0. The van der Waals surface area contributed by atoms with E-state index in [0.29, 0.717) is 35.4 Å². The molecule has 2 aromatic rings. The molecule has 1 saturated heterocycles. The lowest BCUT2D eigenvalue weighted by molar-refractivity contribution is -0.137. The average Bonchev–Trinajstić information content (AvgIpc) is 3.11. The monoisotopic (exact) mass is 507 g/mol. The molecule has 1 aliphatic heterocycles. The van der Waals surface area contributed by atoms with Crippen molar-refractivity contribution in [2.45, 2.75) is 51.6 Å². The van der Waals surface area contributed by atoms with Gasteiger partial charge in [-0.25, -0.2) is 4.90 Å². The lowest BCUT2D eigenvalue weighted by atomic mass is 10.1. The number of thioether (sulfide) groups is 1. The van der Waals surface area contributed by atoms with Crippen LogP contribution in [0.4, 0.5) is 23.7 Å². The number of carbonyl (C=O) groups is 2. The number of unbranched alkanes of at least 4 members (excludes halogenated alkanes) is 5. The first-order chi connectivity index (χ1) is 16.7. The zero-order chi connectivity index (χ0) is 25.4. The highest BCUT2D eigenvalue weighted by molar-refractivity contribution is 8.19. The molecule has 0 aromatic heterocycles. The molecule has 0 saturated carbocycles. The summed E-state index contributed by atoms with van der Waals surface area (Å²) in [6, 6.07) is 9.30. The summed E-state index contributed by atoms with van der Waals surface area (Å²) in [7, 11) is 1.51. The highest BCUT2D eigenvalue weighted by atomic mass is 32.2. The smallest absolute Gasteiger partial charge is 0.416 e. The van der Waals surface area contributed by atoms with Gasteiger partial charge in [-0.3, -0.25) is 9.59 Å². The van der Waals surface area contributed by atoms with Gasteiger partial charge in [0, 0.05) is 0 Å². The van der Waals surface area contributed by atoms with Crippen LogP contribution in [0.3, 0.4) is 0 Å². The number of benzene rings is 2. The third-order valence-corrected chi connectivity index (χ3v) is 6.34. The number of imide groups is 1. The zero-order valence-electron chi connectivity index (χ0n) is 19.7. The normalized spacial score (nSPS) is 15.2. The van der Waals surface area contributed by atoms with E-state index >= 15 is 0 Å². The molecule has 188 valence electrons. The van der Waals surface area contributed by atoms with Crippen LogP contribution in [0.5, 0.6) is 11.5 Å². The van der Waals surface area contributed by atoms with Gasteiger partial charge < -0.3 is 9.47 Å². The fourth-order valence-electron chi connectivity index (χ4n) is 3.62. The summed E-state index contributed by atoms with van der Waals surface area (Å²) >= 11 is 0.673. The fourth-order valence-corrected chi connectivity index (χ4v) is 4.46. The number of methoxy groups -OCH3 is 1. The van der Waals surface area contributed by atoms with Gasteiger partial charge in [-0.1, -0.05) is 51.2 Å². The minimum Gasteiger partial charge on any atom is -0.493 e. The molecule has 2 aromatic carbocycles. The first-order valence-corrected chi connectivity index (χ1v) is 12.3. The van der Waals surface area contributed by atoms with Gasteiger partial charge in [0.2, 0.25) is 0 Å². The third-order valence-electron chi connectivity index (χ3n) is 5.47. The Morgan fingerprint density at radius 2 is 1.71 bits per heavy atom. The number of nitrogens with zero attached hydrogens (tertiary/aromatic N) is 1. The van der Waals surface area contributed by atoms with Gasteiger partial charge >= 0.3 is 6.18 Å². The van der Waals surface area contributed by atoms with Gasteiger partial charge in [0.15, 0.2) is 11.5 Å². The summed E-state index contributed by atoms with van der Waals surface area (Å²) in [5.74, 6) is 0.388. The first kappa shape index (κ1) is 26.7. The number of amides is 2. The maximum atomic E-state index is 13.1. The lowest BCUT2D eigenvalue weighted by Gasteiger charge is -2.15. The molecule has 2 amide bonds. The number of carbonyl (C=O) groups excluding carboxylic acids is 2. The van der Waals surface area contributed by atoms with E-state index in [9.17, 15) is 22.8 Å². The van der Waals surface area contributed by atoms with Gasteiger partial charge in [-0.15, -0.1) is 0 Å². The van der Waals surface area contributed by atoms with E-state index in [0.717, 1.165) is 29.9 Å². The Hall–Kier alpha value is -2.94. The summed E-state index contributed by atoms with van der Waals surface area (Å²) < 4.78 is 50.4. The van der Waals surface area contributed by atoms with Crippen LogP contribution in [0, 0.1) is 0 Å². The van der Waals surface area contributed by atoms with Crippen LogP contribution < -0.4 is 14.4 Å². The van der Waals surface area contributed by atoms with Crippen LogP contribution in [0.25, 0.3) is 6.08 Å². The Labute approximate surface area is 207 Å². The van der Waals surface area contributed by atoms with E-state index in [1.165, 1.54) is 51.0 Å². The minimum absolute atomic E-state index is 0.107. The van der Waals surface area contributed by atoms with Crippen molar-refractivity contribution in [3.05, 3.63) is 58.5 Å². The van der Waals surface area contributed by atoms with Crippen molar-refractivity contribution in [3.63, 3.8) is 0 Å². The predicted octanol–water partition coefficient (Wildman–Crippen LogP) is 7.69. The van der Waals surface area contributed by atoms with Crippen LogP contribution in [-0.2, 0) is 11.0 Å². The molecule has 0 N–H and O–H groups in total. The number of hydrogen-bond acceptors (Lipinski definition) is 5. The molecule has 0 spiro atoms. The van der Waals surface area contributed by atoms with E-state index in [-0.39, 0.29) is 10.6 Å². The highest BCUT2D eigenvalue weighted by Crippen LogP contribution is 2.39. The van der Waals surface area contributed by atoms with Gasteiger partial charge in [0.05, 0.1) is 29.9 Å². The maximum Gasteiger partial charge on any atom is 0.416 e. The van der Waals surface area contributed by atoms with Gasteiger partial charge in [0.1, 0.15) is 0 Å².